The molecule has 0 bridgehead atoms. The summed E-state index contributed by atoms with van der Waals surface area (Å²) in [4.78, 5) is 40.8. The van der Waals surface area contributed by atoms with Crippen LogP contribution in [-0.2, 0) is 14.4 Å². The summed E-state index contributed by atoms with van der Waals surface area (Å²) < 4.78 is 0.792. The molecule has 1 aromatic rings. The molecule has 1 saturated heterocycles. The van der Waals surface area contributed by atoms with E-state index in [2.05, 4.69) is 26.6 Å². The van der Waals surface area contributed by atoms with Crippen LogP contribution in [0.15, 0.2) is 28.7 Å². The fourth-order valence-electron chi connectivity index (χ4n) is 3.93. The highest BCUT2D eigenvalue weighted by atomic mass is 79.9. The van der Waals surface area contributed by atoms with Gasteiger partial charge in [-0.05, 0) is 40.9 Å². The number of benzene rings is 1. The molecule has 8 heteroatoms. The Hall–Kier alpha value is -1.93. The Balaban J connectivity index is 1.34. The maximum absolute atomic E-state index is 12.6. The minimum atomic E-state index is -0.270. The fraction of sp³-hybridized carbons (Fsp3) is 0.571. The average molecular weight is 465 g/mol. The van der Waals surface area contributed by atoms with Gasteiger partial charge in [-0.1, -0.05) is 31.4 Å². The van der Waals surface area contributed by atoms with Gasteiger partial charge in [0.05, 0.1) is 18.8 Å². The van der Waals surface area contributed by atoms with E-state index >= 15 is 0 Å². The van der Waals surface area contributed by atoms with E-state index in [-0.39, 0.29) is 36.7 Å². The third kappa shape index (κ3) is 6.54. The van der Waals surface area contributed by atoms with Gasteiger partial charge in [0, 0.05) is 36.6 Å². The smallest absolute Gasteiger partial charge is 0.243 e. The van der Waals surface area contributed by atoms with Crippen LogP contribution in [0.2, 0.25) is 0 Å². The summed E-state index contributed by atoms with van der Waals surface area (Å²) in [6, 6.07) is 7.33. The van der Waals surface area contributed by atoms with Crippen molar-refractivity contribution in [3.8, 4) is 0 Å². The van der Waals surface area contributed by atoms with Crippen molar-refractivity contribution in [2.45, 2.75) is 32.1 Å². The molecular weight excluding hydrogens is 436 g/mol. The molecular formula is C21H29BrN4O3. The van der Waals surface area contributed by atoms with Crippen molar-refractivity contribution in [1.29, 1.82) is 0 Å². The van der Waals surface area contributed by atoms with Crippen LogP contribution in [0.4, 0.5) is 5.69 Å². The Morgan fingerprint density at radius 2 is 1.66 bits per heavy atom. The number of amides is 3. The number of para-hydroxylation sites is 1. The molecule has 0 atom stereocenters. The Morgan fingerprint density at radius 3 is 2.34 bits per heavy atom. The fourth-order valence-corrected chi connectivity index (χ4v) is 4.31. The van der Waals surface area contributed by atoms with Crippen molar-refractivity contribution in [2.24, 2.45) is 5.92 Å². The van der Waals surface area contributed by atoms with Crippen molar-refractivity contribution in [2.75, 3.05) is 44.6 Å². The lowest BCUT2D eigenvalue weighted by Crippen LogP contribution is -2.52. The number of hydrogen-bond donors (Lipinski definition) is 2. The van der Waals surface area contributed by atoms with Crippen LogP contribution in [-0.4, -0.2) is 66.8 Å². The highest BCUT2D eigenvalue weighted by Crippen LogP contribution is 2.25. The van der Waals surface area contributed by atoms with E-state index in [1.807, 2.05) is 28.0 Å². The van der Waals surface area contributed by atoms with Gasteiger partial charge in [0.2, 0.25) is 17.7 Å². The van der Waals surface area contributed by atoms with Crippen LogP contribution in [0, 0.1) is 5.92 Å². The molecule has 0 aromatic heterocycles. The number of piperazine rings is 1. The largest absolute Gasteiger partial charge is 0.346 e. The number of carbonyl (C=O) groups excluding carboxylic acids is 3. The molecule has 29 heavy (non-hydrogen) atoms. The molecule has 1 aliphatic carbocycles. The predicted molar refractivity (Wildman–Crippen MR) is 115 cm³/mol. The number of rotatable bonds is 6. The standard InChI is InChI=1S/C21H29BrN4O3/c22-17-8-4-5-9-18(17)24-19(27)14-23-20(28)15-25-10-12-26(13-11-25)21(29)16-6-2-1-3-7-16/h4-5,8-9,16H,1-3,6-7,10-15H2,(H,23,28)(H,24,27). The second-order valence-electron chi connectivity index (χ2n) is 7.74. The molecule has 0 spiro atoms. The first-order chi connectivity index (χ1) is 14.0. The highest BCUT2D eigenvalue weighted by Gasteiger charge is 2.28. The SMILES string of the molecule is O=C(CN1CCN(C(=O)C2CCCCC2)CC1)NCC(=O)Nc1ccccc1Br. The minimum Gasteiger partial charge on any atom is -0.346 e. The molecule has 2 aliphatic rings. The van der Waals surface area contributed by atoms with Gasteiger partial charge in [0.1, 0.15) is 0 Å². The predicted octanol–water partition coefficient (Wildman–Crippen LogP) is 2.23. The average Bonchev–Trinajstić information content (AvgIpc) is 2.74. The summed E-state index contributed by atoms with van der Waals surface area (Å²) in [7, 11) is 0. The Bertz CT molecular complexity index is 728. The number of nitrogens with zero attached hydrogens (tertiary/aromatic N) is 2. The monoisotopic (exact) mass is 464 g/mol. The van der Waals surface area contributed by atoms with E-state index in [0.29, 0.717) is 31.9 Å². The normalized spacial score (nSPS) is 18.3. The summed E-state index contributed by atoms with van der Waals surface area (Å²) in [5, 5.41) is 5.43. The van der Waals surface area contributed by atoms with Gasteiger partial charge in [0.15, 0.2) is 0 Å². The zero-order chi connectivity index (χ0) is 20.6. The second kappa shape index (κ2) is 10.7. The molecule has 0 unspecified atom stereocenters. The molecule has 0 radical (unpaired) electrons. The van der Waals surface area contributed by atoms with E-state index < -0.39 is 0 Å². The van der Waals surface area contributed by atoms with Crippen molar-refractivity contribution in [3.05, 3.63) is 28.7 Å². The molecule has 1 aromatic carbocycles. The summed E-state index contributed by atoms with van der Waals surface area (Å²) >= 11 is 3.37. The lowest BCUT2D eigenvalue weighted by atomic mass is 9.88. The second-order valence-corrected chi connectivity index (χ2v) is 8.60. The number of carbonyl (C=O) groups is 3. The topological polar surface area (TPSA) is 81.8 Å². The molecule has 1 saturated carbocycles. The third-order valence-electron chi connectivity index (χ3n) is 5.60. The van der Waals surface area contributed by atoms with Gasteiger partial charge >= 0.3 is 0 Å². The van der Waals surface area contributed by atoms with Crippen LogP contribution in [0.5, 0.6) is 0 Å². The van der Waals surface area contributed by atoms with Gasteiger partial charge in [-0.3, -0.25) is 19.3 Å². The highest BCUT2D eigenvalue weighted by molar-refractivity contribution is 9.10. The quantitative estimate of drug-likeness (QED) is 0.675. The molecule has 2 N–H and O–H groups in total. The summed E-state index contributed by atoms with van der Waals surface area (Å²) in [5.74, 6) is 0.0341. The number of anilines is 1. The van der Waals surface area contributed by atoms with Crippen LogP contribution < -0.4 is 10.6 Å². The third-order valence-corrected chi connectivity index (χ3v) is 6.29. The lowest BCUT2D eigenvalue weighted by Gasteiger charge is -2.36. The maximum atomic E-state index is 12.6. The zero-order valence-corrected chi connectivity index (χ0v) is 18.2. The van der Waals surface area contributed by atoms with Gasteiger partial charge in [0.25, 0.3) is 0 Å². The minimum absolute atomic E-state index is 0.0691. The first-order valence-electron chi connectivity index (χ1n) is 10.3. The first-order valence-corrected chi connectivity index (χ1v) is 11.1. The Morgan fingerprint density at radius 1 is 0.966 bits per heavy atom. The number of halogens is 1. The molecule has 158 valence electrons. The first kappa shape index (κ1) is 21.8. The number of nitrogens with one attached hydrogen (secondary N) is 2. The van der Waals surface area contributed by atoms with Crippen molar-refractivity contribution < 1.29 is 14.4 Å². The van der Waals surface area contributed by atoms with E-state index in [0.717, 1.165) is 30.2 Å². The van der Waals surface area contributed by atoms with Crippen molar-refractivity contribution >= 4 is 39.3 Å². The zero-order valence-electron chi connectivity index (χ0n) is 16.7. The van der Waals surface area contributed by atoms with Crippen LogP contribution in [0.25, 0.3) is 0 Å². The summed E-state index contributed by atoms with van der Waals surface area (Å²) in [6.45, 7) is 2.90. The van der Waals surface area contributed by atoms with E-state index in [1.165, 1.54) is 6.42 Å². The lowest BCUT2D eigenvalue weighted by molar-refractivity contribution is -0.138. The van der Waals surface area contributed by atoms with Crippen LogP contribution in [0.3, 0.4) is 0 Å². The Labute approximate surface area is 180 Å². The van der Waals surface area contributed by atoms with Gasteiger partial charge in [-0.2, -0.15) is 0 Å². The van der Waals surface area contributed by atoms with E-state index in [9.17, 15) is 14.4 Å². The van der Waals surface area contributed by atoms with Gasteiger partial charge in [-0.15, -0.1) is 0 Å². The molecule has 3 rings (SSSR count). The maximum Gasteiger partial charge on any atom is 0.243 e. The van der Waals surface area contributed by atoms with Crippen LogP contribution in [0.1, 0.15) is 32.1 Å². The molecule has 2 fully saturated rings. The number of hydrogen-bond acceptors (Lipinski definition) is 4. The van der Waals surface area contributed by atoms with Gasteiger partial charge in [-0.25, -0.2) is 0 Å². The Kier molecular flexibility index (Phi) is 8.06. The molecule has 3 amide bonds. The molecule has 7 nitrogen and oxygen atoms in total. The molecule has 1 heterocycles. The van der Waals surface area contributed by atoms with Crippen LogP contribution >= 0.6 is 15.9 Å². The van der Waals surface area contributed by atoms with Crippen molar-refractivity contribution in [3.63, 3.8) is 0 Å². The molecule has 1 aliphatic heterocycles. The summed E-state index contributed by atoms with van der Waals surface area (Å²) in [5.41, 5.74) is 0.672. The van der Waals surface area contributed by atoms with Crippen molar-refractivity contribution in [1.82, 2.24) is 15.1 Å². The van der Waals surface area contributed by atoms with Gasteiger partial charge < -0.3 is 15.5 Å². The van der Waals surface area contributed by atoms with E-state index in [1.54, 1.807) is 6.07 Å². The summed E-state index contributed by atoms with van der Waals surface area (Å²) in [6.07, 6.45) is 5.59. The van der Waals surface area contributed by atoms with E-state index in [4.69, 9.17) is 0 Å².